The van der Waals surface area contributed by atoms with Crippen molar-refractivity contribution in [1.82, 2.24) is 4.98 Å². The SMILES string of the molecule is C/C(=C\c1csc(C)n1)CO. The Bertz CT molecular complexity index is 265. The van der Waals surface area contributed by atoms with E-state index in [-0.39, 0.29) is 6.61 Å². The zero-order valence-electron chi connectivity index (χ0n) is 6.66. The Morgan fingerprint density at radius 3 is 3.00 bits per heavy atom. The number of hydrogen-bond donors (Lipinski definition) is 1. The van der Waals surface area contributed by atoms with Crippen molar-refractivity contribution >= 4 is 17.4 Å². The highest BCUT2D eigenvalue weighted by Crippen LogP contribution is 2.10. The summed E-state index contributed by atoms with van der Waals surface area (Å²) in [6.45, 7) is 3.96. The Balaban J connectivity index is 2.78. The Kier molecular flexibility index (Phi) is 2.79. The molecule has 0 fully saturated rings. The van der Waals surface area contributed by atoms with Gasteiger partial charge in [0.1, 0.15) is 0 Å². The van der Waals surface area contributed by atoms with E-state index in [9.17, 15) is 0 Å². The van der Waals surface area contributed by atoms with Gasteiger partial charge in [0.2, 0.25) is 0 Å². The average Bonchev–Trinajstić information content (AvgIpc) is 2.35. The van der Waals surface area contributed by atoms with Crippen LogP contribution in [-0.4, -0.2) is 16.7 Å². The first-order valence-electron chi connectivity index (χ1n) is 3.42. The van der Waals surface area contributed by atoms with Crippen molar-refractivity contribution in [1.29, 1.82) is 0 Å². The minimum atomic E-state index is 0.108. The summed E-state index contributed by atoms with van der Waals surface area (Å²) in [7, 11) is 0. The Morgan fingerprint density at radius 1 is 1.82 bits per heavy atom. The average molecular weight is 169 g/mol. The summed E-state index contributed by atoms with van der Waals surface area (Å²) in [5.41, 5.74) is 1.88. The van der Waals surface area contributed by atoms with Crippen LogP contribution in [0.3, 0.4) is 0 Å². The summed E-state index contributed by atoms with van der Waals surface area (Å²) in [6, 6.07) is 0. The zero-order valence-corrected chi connectivity index (χ0v) is 7.48. The molecular formula is C8H11NOS. The molecule has 0 saturated heterocycles. The van der Waals surface area contributed by atoms with Gasteiger partial charge in [-0.1, -0.05) is 0 Å². The first-order valence-corrected chi connectivity index (χ1v) is 4.30. The second-order valence-corrected chi connectivity index (χ2v) is 3.50. The first-order chi connectivity index (χ1) is 5.22. The van der Waals surface area contributed by atoms with Crippen LogP contribution < -0.4 is 0 Å². The lowest BCUT2D eigenvalue weighted by Crippen LogP contribution is -1.83. The highest BCUT2D eigenvalue weighted by Gasteiger charge is 1.93. The molecule has 0 aliphatic carbocycles. The summed E-state index contributed by atoms with van der Waals surface area (Å²) in [6.07, 6.45) is 1.89. The van der Waals surface area contributed by atoms with Crippen LogP contribution >= 0.6 is 11.3 Å². The molecule has 1 N–H and O–H groups in total. The number of nitrogens with zero attached hydrogens (tertiary/aromatic N) is 1. The molecule has 60 valence electrons. The molecule has 3 heteroatoms. The van der Waals surface area contributed by atoms with E-state index < -0.39 is 0 Å². The normalized spacial score (nSPS) is 12.1. The molecule has 0 amide bonds. The molecule has 1 aromatic rings. The number of aliphatic hydroxyl groups excluding tert-OH is 1. The summed E-state index contributed by atoms with van der Waals surface area (Å²) in [5.74, 6) is 0. The highest BCUT2D eigenvalue weighted by molar-refractivity contribution is 7.09. The molecule has 1 heterocycles. The van der Waals surface area contributed by atoms with Crippen LogP contribution in [-0.2, 0) is 0 Å². The molecule has 1 aromatic heterocycles. The summed E-state index contributed by atoms with van der Waals surface area (Å²) < 4.78 is 0. The van der Waals surface area contributed by atoms with Gasteiger partial charge in [0, 0.05) is 5.38 Å². The van der Waals surface area contributed by atoms with Gasteiger partial charge in [-0.15, -0.1) is 11.3 Å². The second-order valence-electron chi connectivity index (χ2n) is 2.44. The molecule has 0 unspecified atom stereocenters. The molecule has 0 aliphatic heterocycles. The van der Waals surface area contributed by atoms with E-state index in [0.717, 1.165) is 16.3 Å². The lowest BCUT2D eigenvalue weighted by atomic mass is 10.3. The van der Waals surface area contributed by atoms with Crippen molar-refractivity contribution < 1.29 is 5.11 Å². The van der Waals surface area contributed by atoms with Gasteiger partial charge in [-0.05, 0) is 25.5 Å². The molecule has 11 heavy (non-hydrogen) atoms. The van der Waals surface area contributed by atoms with E-state index in [0.29, 0.717) is 0 Å². The molecule has 0 bridgehead atoms. The molecular weight excluding hydrogens is 158 g/mol. The quantitative estimate of drug-likeness (QED) is 0.733. The number of aromatic nitrogens is 1. The fourth-order valence-corrected chi connectivity index (χ4v) is 1.31. The molecule has 0 saturated carbocycles. The van der Waals surface area contributed by atoms with E-state index in [2.05, 4.69) is 4.98 Å². The van der Waals surface area contributed by atoms with Crippen LogP contribution in [0.25, 0.3) is 6.08 Å². The minimum Gasteiger partial charge on any atom is -0.392 e. The number of hydrogen-bond acceptors (Lipinski definition) is 3. The fourth-order valence-electron chi connectivity index (χ4n) is 0.745. The molecule has 0 spiro atoms. The number of thiazole rings is 1. The summed E-state index contributed by atoms with van der Waals surface area (Å²) in [4.78, 5) is 4.23. The van der Waals surface area contributed by atoms with Gasteiger partial charge in [0.15, 0.2) is 0 Å². The van der Waals surface area contributed by atoms with Gasteiger partial charge in [0.25, 0.3) is 0 Å². The Morgan fingerprint density at radius 2 is 2.55 bits per heavy atom. The lowest BCUT2D eigenvalue weighted by molar-refractivity contribution is 0.332. The largest absolute Gasteiger partial charge is 0.392 e. The van der Waals surface area contributed by atoms with Crippen molar-refractivity contribution in [3.05, 3.63) is 21.7 Å². The van der Waals surface area contributed by atoms with Crippen LogP contribution in [0.15, 0.2) is 11.0 Å². The van der Waals surface area contributed by atoms with Crippen LogP contribution in [0.5, 0.6) is 0 Å². The van der Waals surface area contributed by atoms with Crippen LogP contribution in [0.2, 0.25) is 0 Å². The minimum absolute atomic E-state index is 0.108. The van der Waals surface area contributed by atoms with Crippen molar-refractivity contribution in [3.8, 4) is 0 Å². The van der Waals surface area contributed by atoms with Crippen LogP contribution in [0.4, 0.5) is 0 Å². The maximum absolute atomic E-state index is 8.71. The maximum atomic E-state index is 8.71. The third kappa shape index (κ3) is 2.44. The molecule has 1 rings (SSSR count). The third-order valence-electron chi connectivity index (χ3n) is 1.28. The van der Waals surface area contributed by atoms with Gasteiger partial charge in [-0.25, -0.2) is 4.98 Å². The van der Waals surface area contributed by atoms with Crippen LogP contribution in [0.1, 0.15) is 17.6 Å². The van der Waals surface area contributed by atoms with E-state index in [1.165, 1.54) is 0 Å². The molecule has 0 radical (unpaired) electrons. The number of aliphatic hydroxyl groups is 1. The number of aryl methyl sites for hydroxylation is 1. The van der Waals surface area contributed by atoms with Crippen molar-refractivity contribution in [2.45, 2.75) is 13.8 Å². The van der Waals surface area contributed by atoms with Gasteiger partial charge in [0.05, 0.1) is 17.3 Å². The van der Waals surface area contributed by atoms with Gasteiger partial charge in [-0.2, -0.15) is 0 Å². The van der Waals surface area contributed by atoms with Crippen molar-refractivity contribution in [2.24, 2.45) is 0 Å². The Hall–Kier alpha value is -0.670. The van der Waals surface area contributed by atoms with Gasteiger partial charge < -0.3 is 5.11 Å². The standard InChI is InChI=1S/C8H11NOS/c1-6(4-10)3-8-5-11-7(2)9-8/h3,5,10H,4H2,1-2H3/b6-3+. The molecule has 0 aromatic carbocycles. The van der Waals surface area contributed by atoms with E-state index >= 15 is 0 Å². The fraction of sp³-hybridized carbons (Fsp3) is 0.375. The Labute approximate surface area is 70.2 Å². The monoisotopic (exact) mass is 169 g/mol. The summed E-state index contributed by atoms with van der Waals surface area (Å²) >= 11 is 1.62. The van der Waals surface area contributed by atoms with Gasteiger partial charge >= 0.3 is 0 Å². The van der Waals surface area contributed by atoms with Crippen LogP contribution in [0, 0.1) is 6.92 Å². The topological polar surface area (TPSA) is 33.1 Å². The van der Waals surface area contributed by atoms with Gasteiger partial charge in [-0.3, -0.25) is 0 Å². The smallest absolute Gasteiger partial charge is 0.0901 e. The molecule has 2 nitrogen and oxygen atoms in total. The predicted octanol–water partition coefficient (Wildman–Crippen LogP) is 1.85. The molecule has 0 aliphatic rings. The maximum Gasteiger partial charge on any atom is 0.0901 e. The van der Waals surface area contributed by atoms with Crippen molar-refractivity contribution in [3.63, 3.8) is 0 Å². The third-order valence-corrected chi connectivity index (χ3v) is 2.07. The summed E-state index contributed by atoms with van der Waals surface area (Å²) in [5, 5.41) is 11.7. The van der Waals surface area contributed by atoms with E-state index in [4.69, 9.17) is 5.11 Å². The number of rotatable bonds is 2. The first kappa shape index (κ1) is 8.43. The molecule has 0 atom stereocenters. The van der Waals surface area contributed by atoms with E-state index in [1.54, 1.807) is 11.3 Å². The zero-order chi connectivity index (χ0) is 8.27. The van der Waals surface area contributed by atoms with E-state index in [1.807, 2.05) is 25.3 Å². The van der Waals surface area contributed by atoms with Crippen molar-refractivity contribution in [2.75, 3.05) is 6.61 Å². The highest BCUT2D eigenvalue weighted by atomic mass is 32.1. The lowest BCUT2D eigenvalue weighted by Gasteiger charge is -1.90. The predicted molar refractivity (Wildman–Crippen MR) is 47.6 cm³/mol. The second kappa shape index (κ2) is 3.64.